The molecule has 6 nitrogen and oxygen atoms in total. The smallest absolute Gasteiger partial charge is 0.261 e. The monoisotopic (exact) mass is 390 g/mol. The maximum Gasteiger partial charge on any atom is 0.261 e. The molecule has 154 valence electrons. The summed E-state index contributed by atoms with van der Waals surface area (Å²) in [6.07, 6.45) is 1.89. The lowest BCUT2D eigenvalue weighted by molar-refractivity contribution is 0.169. The van der Waals surface area contributed by atoms with Gasteiger partial charge < -0.3 is 10.1 Å². The van der Waals surface area contributed by atoms with Crippen LogP contribution in [0.2, 0.25) is 0 Å². The molecule has 1 aromatic carbocycles. The van der Waals surface area contributed by atoms with Crippen LogP contribution in [0.25, 0.3) is 10.9 Å². The van der Waals surface area contributed by atoms with Gasteiger partial charge in [-0.05, 0) is 31.9 Å². The van der Waals surface area contributed by atoms with Crippen LogP contribution in [0.1, 0.15) is 45.5 Å². The summed E-state index contributed by atoms with van der Waals surface area (Å²) in [6, 6.07) is 2.81. The van der Waals surface area contributed by atoms with Crippen molar-refractivity contribution in [2.75, 3.05) is 33.3 Å². The molecule has 1 saturated heterocycles. The fourth-order valence-corrected chi connectivity index (χ4v) is 4.12. The summed E-state index contributed by atoms with van der Waals surface area (Å²) in [5.41, 5.74) is 0.257. The third-order valence-electron chi connectivity index (χ3n) is 5.49. The van der Waals surface area contributed by atoms with E-state index in [0.29, 0.717) is 23.4 Å². The second-order valence-electron chi connectivity index (χ2n) is 7.63. The number of nitrogens with one attached hydrogen (secondary N) is 1. The van der Waals surface area contributed by atoms with Crippen molar-refractivity contribution >= 4 is 10.9 Å². The number of halogens is 1. The van der Waals surface area contributed by atoms with Crippen LogP contribution in [-0.4, -0.2) is 47.7 Å². The average Bonchev–Trinajstić information content (AvgIpc) is 2.90. The molecule has 3 rings (SSSR count). The van der Waals surface area contributed by atoms with Crippen molar-refractivity contribution in [2.45, 2.75) is 46.2 Å². The van der Waals surface area contributed by atoms with Crippen LogP contribution >= 0.6 is 0 Å². The maximum absolute atomic E-state index is 14.3. The lowest BCUT2D eigenvalue weighted by Crippen LogP contribution is -2.38. The Labute approximate surface area is 165 Å². The molecule has 7 heteroatoms. The Kier molecular flexibility index (Phi) is 6.67. The molecule has 0 saturated carbocycles. The zero-order chi connectivity index (χ0) is 20.3. The average molecular weight is 391 g/mol. The Hall–Kier alpha value is -1.99. The molecular formula is C21H31FN4O2. The number of benzene rings is 1. The molecule has 1 fully saturated rings. The van der Waals surface area contributed by atoms with Gasteiger partial charge in [0.2, 0.25) is 0 Å². The Bertz CT molecular complexity index is 883. The normalized spacial score (nSPS) is 19.5. The van der Waals surface area contributed by atoms with E-state index < -0.39 is 5.82 Å². The van der Waals surface area contributed by atoms with Crippen LogP contribution in [0, 0.1) is 11.7 Å². The van der Waals surface area contributed by atoms with Gasteiger partial charge in [0.25, 0.3) is 5.56 Å². The van der Waals surface area contributed by atoms with Gasteiger partial charge in [0.1, 0.15) is 5.82 Å². The molecule has 2 atom stereocenters. The quantitative estimate of drug-likeness (QED) is 0.822. The van der Waals surface area contributed by atoms with Gasteiger partial charge in [-0.15, -0.1) is 0 Å². The summed E-state index contributed by atoms with van der Waals surface area (Å²) in [5.74, 6) is 0.826. The molecule has 1 N–H and O–H groups in total. The molecule has 0 amide bonds. The fourth-order valence-electron chi connectivity index (χ4n) is 4.12. The molecule has 0 radical (unpaired) electrons. The zero-order valence-corrected chi connectivity index (χ0v) is 17.3. The highest BCUT2D eigenvalue weighted by atomic mass is 19.1. The van der Waals surface area contributed by atoms with Crippen molar-refractivity contribution < 1.29 is 9.13 Å². The minimum absolute atomic E-state index is 0.0366. The predicted octanol–water partition coefficient (Wildman–Crippen LogP) is 2.95. The van der Waals surface area contributed by atoms with Crippen molar-refractivity contribution in [1.82, 2.24) is 19.8 Å². The predicted molar refractivity (Wildman–Crippen MR) is 109 cm³/mol. The molecule has 0 spiro atoms. The summed E-state index contributed by atoms with van der Waals surface area (Å²) in [4.78, 5) is 20.4. The van der Waals surface area contributed by atoms with E-state index in [1.54, 1.807) is 4.57 Å². The fraction of sp³-hybridized carbons (Fsp3) is 0.619. The Morgan fingerprint density at radius 1 is 1.39 bits per heavy atom. The summed E-state index contributed by atoms with van der Waals surface area (Å²) in [7, 11) is 1.40. The standard InChI is InChI=1S/C21H31FN4O2/c1-5-7-18(25-9-8-23-12-14(3)13-25)20-24-17-11-16(22)19(28-4)10-15(17)21(27)26(20)6-2/h10-11,14,18,23H,5-9,12-13H2,1-4H3/t14-,18?/m1/s1. The highest BCUT2D eigenvalue weighted by Crippen LogP contribution is 2.28. The van der Waals surface area contributed by atoms with Crippen molar-refractivity contribution in [2.24, 2.45) is 5.92 Å². The van der Waals surface area contributed by atoms with Crippen molar-refractivity contribution in [1.29, 1.82) is 0 Å². The minimum Gasteiger partial charge on any atom is -0.494 e. The van der Waals surface area contributed by atoms with Gasteiger partial charge in [0, 0.05) is 32.2 Å². The Morgan fingerprint density at radius 2 is 2.18 bits per heavy atom. The number of ether oxygens (including phenoxy) is 1. The first-order valence-corrected chi connectivity index (χ1v) is 10.2. The molecule has 2 heterocycles. The van der Waals surface area contributed by atoms with Gasteiger partial charge in [-0.25, -0.2) is 9.37 Å². The second-order valence-corrected chi connectivity index (χ2v) is 7.63. The van der Waals surface area contributed by atoms with Gasteiger partial charge in [0.15, 0.2) is 11.6 Å². The van der Waals surface area contributed by atoms with E-state index in [1.165, 1.54) is 19.2 Å². The molecular weight excluding hydrogens is 359 g/mol. The lowest BCUT2D eigenvalue weighted by Gasteiger charge is -2.32. The molecule has 0 bridgehead atoms. The third kappa shape index (κ3) is 4.05. The minimum atomic E-state index is -0.498. The first kappa shape index (κ1) is 20.7. The Morgan fingerprint density at radius 3 is 2.86 bits per heavy atom. The lowest BCUT2D eigenvalue weighted by atomic mass is 10.1. The number of aromatic nitrogens is 2. The highest BCUT2D eigenvalue weighted by Gasteiger charge is 2.27. The van der Waals surface area contributed by atoms with E-state index in [0.717, 1.165) is 44.8 Å². The van der Waals surface area contributed by atoms with Crippen LogP contribution in [0.4, 0.5) is 4.39 Å². The van der Waals surface area contributed by atoms with Gasteiger partial charge in [-0.2, -0.15) is 0 Å². The van der Waals surface area contributed by atoms with Crippen LogP contribution in [-0.2, 0) is 6.54 Å². The van der Waals surface area contributed by atoms with Gasteiger partial charge in [-0.3, -0.25) is 14.3 Å². The van der Waals surface area contributed by atoms with Crippen molar-refractivity contribution in [3.8, 4) is 5.75 Å². The van der Waals surface area contributed by atoms with Gasteiger partial charge >= 0.3 is 0 Å². The van der Waals surface area contributed by atoms with Crippen LogP contribution in [0.3, 0.4) is 0 Å². The van der Waals surface area contributed by atoms with Gasteiger partial charge in [-0.1, -0.05) is 20.3 Å². The van der Waals surface area contributed by atoms with E-state index in [1.807, 2.05) is 6.92 Å². The SMILES string of the molecule is CCCC(c1nc2cc(F)c(OC)cc2c(=O)n1CC)N1CCNC[C@@H](C)C1. The summed E-state index contributed by atoms with van der Waals surface area (Å²) < 4.78 is 21.1. The molecule has 0 aliphatic carbocycles. The van der Waals surface area contributed by atoms with Gasteiger partial charge in [0.05, 0.1) is 24.1 Å². The van der Waals surface area contributed by atoms with Crippen molar-refractivity contribution in [3.63, 3.8) is 0 Å². The zero-order valence-electron chi connectivity index (χ0n) is 17.3. The molecule has 1 unspecified atom stereocenters. The number of rotatable bonds is 6. The van der Waals surface area contributed by atoms with Crippen molar-refractivity contribution in [3.05, 3.63) is 34.1 Å². The first-order valence-electron chi connectivity index (χ1n) is 10.2. The maximum atomic E-state index is 14.3. The number of hydrogen-bond donors (Lipinski definition) is 1. The van der Waals surface area contributed by atoms with Crippen LogP contribution in [0.15, 0.2) is 16.9 Å². The first-order chi connectivity index (χ1) is 13.5. The van der Waals surface area contributed by atoms with Crippen LogP contribution in [0.5, 0.6) is 5.75 Å². The van der Waals surface area contributed by atoms with E-state index in [9.17, 15) is 9.18 Å². The highest BCUT2D eigenvalue weighted by molar-refractivity contribution is 5.79. The summed E-state index contributed by atoms with van der Waals surface area (Å²) >= 11 is 0. The molecule has 1 aliphatic heterocycles. The number of fused-ring (bicyclic) bond motifs is 1. The molecule has 1 aromatic heterocycles. The number of nitrogens with zero attached hydrogens (tertiary/aromatic N) is 3. The largest absolute Gasteiger partial charge is 0.494 e. The summed E-state index contributed by atoms with van der Waals surface area (Å²) in [5, 5.41) is 3.86. The molecule has 28 heavy (non-hydrogen) atoms. The number of hydrogen-bond acceptors (Lipinski definition) is 5. The van der Waals surface area contributed by atoms with E-state index in [4.69, 9.17) is 9.72 Å². The topological polar surface area (TPSA) is 59.4 Å². The second kappa shape index (κ2) is 9.01. The Balaban J connectivity index is 2.16. The molecule has 1 aliphatic rings. The molecule has 2 aromatic rings. The van der Waals surface area contributed by atoms with Crippen LogP contribution < -0.4 is 15.6 Å². The van der Waals surface area contributed by atoms with E-state index in [-0.39, 0.29) is 17.4 Å². The van der Waals surface area contributed by atoms with E-state index in [2.05, 4.69) is 24.1 Å². The summed E-state index contributed by atoms with van der Waals surface area (Å²) in [6.45, 7) is 10.6. The van der Waals surface area contributed by atoms with E-state index >= 15 is 0 Å². The third-order valence-corrected chi connectivity index (χ3v) is 5.49. The number of methoxy groups -OCH3 is 1.